The van der Waals surface area contributed by atoms with Crippen molar-refractivity contribution in [3.8, 4) is 0 Å². The first kappa shape index (κ1) is 17.8. The van der Waals surface area contributed by atoms with E-state index in [-0.39, 0.29) is 5.54 Å². The molecule has 0 unspecified atom stereocenters. The Morgan fingerprint density at radius 1 is 0.950 bits per heavy atom. The van der Waals surface area contributed by atoms with Crippen LogP contribution >= 0.6 is 0 Å². The second-order valence-electron chi connectivity index (χ2n) is 6.99. The SMILES string of the molecule is CC(C)(C)NCCCNCC1CCC(C(F)(F)F)CC1. The lowest BCUT2D eigenvalue weighted by Gasteiger charge is -2.30. The van der Waals surface area contributed by atoms with Crippen molar-refractivity contribution in [2.24, 2.45) is 11.8 Å². The van der Waals surface area contributed by atoms with Gasteiger partial charge in [-0.05, 0) is 78.4 Å². The topological polar surface area (TPSA) is 24.1 Å². The molecule has 2 nitrogen and oxygen atoms in total. The molecule has 5 heteroatoms. The van der Waals surface area contributed by atoms with E-state index in [1.54, 1.807) is 0 Å². The monoisotopic (exact) mass is 294 g/mol. The normalized spacial score (nSPS) is 24.9. The van der Waals surface area contributed by atoms with Crippen molar-refractivity contribution in [3.05, 3.63) is 0 Å². The Hall–Kier alpha value is -0.290. The van der Waals surface area contributed by atoms with Gasteiger partial charge in [0.1, 0.15) is 0 Å². The van der Waals surface area contributed by atoms with E-state index in [1.165, 1.54) is 0 Å². The lowest BCUT2D eigenvalue weighted by Crippen LogP contribution is -2.38. The van der Waals surface area contributed by atoms with E-state index in [0.717, 1.165) is 26.1 Å². The van der Waals surface area contributed by atoms with Crippen LogP contribution in [0, 0.1) is 11.8 Å². The maximum atomic E-state index is 12.5. The summed E-state index contributed by atoms with van der Waals surface area (Å²) in [6.45, 7) is 9.18. The summed E-state index contributed by atoms with van der Waals surface area (Å²) in [6.07, 6.45) is -0.913. The van der Waals surface area contributed by atoms with Crippen LogP contribution in [0.2, 0.25) is 0 Å². The molecule has 1 rings (SSSR count). The third-order valence-electron chi connectivity index (χ3n) is 3.93. The van der Waals surface area contributed by atoms with Crippen molar-refractivity contribution >= 4 is 0 Å². The first-order chi connectivity index (χ1) is 9.18. The van der Waals surface area contributed by atoms with Crippen molar-refractivity contribution in [1.29, 1.82) is 0 Å². The molecule has 0 heterocycles. The van der Waals surface area contributed by atoms with Gasteiger partial charge in [-0.3, -0.25) is 0 Å². The van der Waals surface area contributed by atoms with Gasteiger partial charge in [0.2, 0.25) is 0 Å². The number of hydrogen-bond acceptors (Lipinski definition) is 2. The van der Waals surface area contributed by atoms with Crippen LogP contribution in [-0.2, 0) is 0 Å². The van der Waals surface area contributed by atoms with Gasteiger partial charge in [0, 0.05) is 5.54 Å². The third kappa shape index (κ3) is 7.48. The minimum Gasteiger partial charge on any atom is -0.316 e. The van der Waals surface area contributed by atoms with Crippen LogP contribution < -0.4 is 10.6 Å². The Bertz CT molecular complexity index is 263. The highest BCUT2D eigenvalue weighted by Crippen LogP contribution is 2.39. The number of alkyl halides is 3. The van der Waals surface area contributed by atoms with Crippen LogP contribution in [-0.4, -0.2) is 31.3 Å². The van der Waals surface area contributed by atoms with Gasteiger partial charge in [-0.2, -0.15) is 13.2 Å². The van der Waals surface area contributed by atoms with E-state index in [2.05, 4.69) is 31.4 Å². The van der Waals surface area contributed by atoms with E-state index in [1.807, 2.05) is 0 Å². The van der Waals surface area contributed by atoms with Gasteiger partial charge in [-0.15, -0.1) is 0 Å². The molecule has 0 aromatic rings. The Labute approximate surface area is 120 Å². The lowest BCUT2D eigenvalue weighted by atomic mass is 9.81. The fourth-order valence-corrected chi connectivity index (χ4v) is 2.68. The predicted octanol–water partition coefficient (Wildman–Crippen LogP) is 3.72. The van der Waals surface area contributed by atoms with Crippen LogP contribution in [0.15, 0.2) is 0 Å². The minimum atomic E-state index is -3.99. The molecule has 120 valence electrons. The summed E-state index contributed by atoms with van der Waals surface area (Å²) >= 11 is 0. The van der Waals surface area contributed by atoms with Gasteiger partial charge in [0.05, 0.1) is 5.92 Å². The molecule has 0 bridgehead atoms. The zero-order valence-corrected chi connectivity index (χ0v) is 12.9. The molecular weight excluding hydrogens is 265 g/mol. The molecule has 0 saturated heterocycles. The summed E-state index contributed by atoms with van der Waals surface area (Å²) in [5.74, 6) is -0.640. The van der Waals surface area contributed by atoms with Crippen molar-refractivity contribution in [3.63, 3.8) is 0 Å². The number of hydrogen-bond donors (Lipinski definition) is 2. The second-order valence-corrected chi connectivity index (χ2v) is 6.99. The minimum absolute atomic E-state index is 0.149. The molecule has 0 aromatic carbocycles. The molecule has 1 aliphatic carbocycles. The average Bonchev–Trinajstić information content (AvgIpc) is 2.32. The first-order valence-corrected chi connectivity index (χ1v) is 7.71. The highest BCUT2D eigenvalue weighted by atomic mass is 19.4. The smallest absolute Gasteiger partial charge is 0.316 e. The molecule has 0 amide bonds. The average molecular weight is 294 g/mol. The Balaban J connectivity index is 2.02. The summed E-state index contributed by atoms with van der Waals surface area (Å²) in [7, 11) is 0. The van der Waals surface area contributed by atoms with Gasteiger partial charge < -0.3 is 10.6 Å². The highest BCUT2D eigenvalue weighted by Gasteiger charge is 2.41. The van der Waals surface area contributed by atoms with Crippen molar-refractivity contribution < 1.29 is 13.2 Å². The van der Waals surface area contributed by atoms with E-state index in [4.69, 9.17) is 0 Å². The third-order valence-corrected chi connectivity index (χ3v) is 3.93. The molecule has 0 aromatic heterocycles. The predicted molar refractivity (Wildman–Crippen MR) is 76.7 cm³/mol. The Morgan fingerprint density at radius 2 is 1.55 bits per heavy atom. The number of nitrogens with one attached hydrogen (secondary N) is 2. The largest absolute Gasteiger partial charge is 0.391 e. The standard InChI is InChI=1S/C15H29F3N2/c1-14(2,3)20-10-4-9-19-11-12-5-7-13(8-6-12)15(16,17)18/h12-13,19-20H,4-11H2,1-3H3. The van der Waals surface area contributed by atoms with Crippen molar-refractivity contribution in [2.75, 3.05) is 19.6 Å². The Morgan fingerprint density at radius 3 is 2.05 bits per heavy atom. The molecule has 20 heavy (non-hydrogen) atoms. The lowest BCUT2D eigenvalue weighted by molar-refractivity contribution is -0.183. The summed E-state index contributed by atoms with van der Waals surface area (Å²) in [6, 6.07) is 0. The van der Waals surface area contributed by atoms with Crippen LogP contribution in [0.5, 0.6) is 0 Å². The molecule has 1 saturated carbocycles. The van der Waals surface area contributed by atoms with Gasteiger partial charge in [-0.1, -0.05) is 0 Å². The number of rotatable bonds is 6. The fourth-order valence-electron chi connectivity index (χ4n) is 2.68. The van der Waals surface area contributed by atoms with E-state index >= 15 is 0 Å². The van der Waals surface area contributed by atoms with E-state index in [9.17, 15) is 13.2 Å². The summed E-state index contributed by atoms with van der Waals surface area (Å²) in [5.41, 5.74) is 0.149. The summed E-state index contributed by atoms with van der Waals surface area (Å²) in [4.78, 5) is 0. The fraction of sp³-hybridized carbons (Fsp3) is 1.00. The second kappa shape index (κ2) is 7.64. The zero-order chi connectivity index (χ0) is 15.2. The van der Waals surface area contributed by atoms with Gasteiger partial charge in [0.25, 0.3) is 0 Å². The summed E-state index contributed by atoms with van der Waals surface area (Å²) in [5, 5.41) is 6.79. The highest BCUT2D eigenvalue weighted by molar-refractivity contribution is 4.78. The molecule has 1 fully saturated rings. The van der Waals surface area contributed by atoms with Gasteiger partial charge in [0.15, 0.2) is 0 Å². The zero-order valence-electron chi connectivity index (χ0n) is 12.9. The van der Waals surface area contributed by atoms with Crippen LogP contribution in [0.3, 0.4) is 0 Å². The number of halogens is 3. The van der Waals surface area contributed by atoms with Gasteiger partial charge in [-0.25, -0.2) is 0 Å². The maximum Gasteiger partial charge on any atom is 0.391 e. The van der Waals surface area contributed by atoms with Gasteiger partial charge >= 0.3 is 6.18 Å². The van der Waals surface area contributed by atoms with Crippen molar-refractivity contribution in [2.45, 2.75) is 64.6 Å². The molecule has 0 radical (unpaired) electrons. The van der Waals surface area contributed by atoms with E-state index < -0.39 is 12.1 Å². The van der Waals surface area contributed by atoms with Crippen LogP contribution in [0.4, 0.5) is 13.2 Å². The molecular formula is C15H29F3N2. The van der Waals surface area contributed by atoms with Crippen LogP contribution in [0.1, 0.15) is 52.9 Å². The Kier molecular flexibility index (Phi) is 6.79. The first-order valence-electron chi connectivity index (χ1n) is 7.71. The maximum absolute atomic E-state index is 12.5. The molecule has 0 aliphatic heterocycles. The van der Waals surface area contributed by atoms with Crippen molar-refractivity contribution in [1.82, 2.24) is 10.6 Å². The van der Waals surface area contributed by atoms with E-state index in [0.29, 0.717) is 31.6 Å². The van der Waals surface area contributed by atoms with Crippen LogP contribution in [0.25, 0.3) is 0 Å². The summed E-state index contributed by atoms with van der Waals surface area (Å²) < 4.78 is 37.6. The molecule has 1 aliphatic rings. The molecule has 0 spiro atoms. The molecule has 0 atom stereocenters. The molecule has 2 N–H and O–H groups in total. The quantitative estimate of drug-likeness (QED) is 0.730.